The van der Waals surface area contributed by atoms with Crippen LogP contribution in [0.15, 0.2) is 0 Å². The number of nitrogens with zero attached hydrogens (tertiary/aromatic N) is 1. The first-order chi connectivity index (χ1) is 9.04. The lowest BCUT2D eigenvalue weighted by atomic mass is 9.91. The normalized spacial score (nSPS) is 30.8. The third kappa shape index (κ3) is 2.74. The summed E-state index contributed by atoms with van der Waals surface area (Å²) in [5, 5.41) is 2.82. The van der Waals surface area contributed by atoms with E-state index in [-0.39, 0.29) is 30.4 Å². The average Bonchev–Trinajstić information content (AvgIpc) is 2.40. The molecular formula is C14H20N2O3. The largest absolute Gasteiger partial charge is 0.365 e. The quantitative estimate of drug-likeness (QED) is 0.738. The van der Waals surface area contributed by atoms with Gasteiger partial charge in [0, 0.05) is 13.0 Å². The molecule has 0 aromatic heterocycles. The Kier molecular flexibility index (Phi) is 4.11. The summed E-state index contributed by atoms with van der Waals surface area (Å²) in [5.74, 6) is 2.48. The molecule has 1 N–H and O–H groups in total. The average molecular weight is 264 g/mol. The third-order valence-electron chi connectivity index (χ3n) is 3.77. The summed E-state index contributed by atoms with van der Waals surface area (Å²) in [6.07, 6.45) is 6.39. The van der Waals surface area contributed by atoms with Crippen LogP contribution in [0.1, 0.15) is 26.7 Å². The first-order valence-electron chi connectivity index (χ1n) is 6.70. The number of fused-ring (bicyclic) bond motifs is 1. The smallest absolute Gasteiger partial charge is 0.246 e. The van der Waals surface area contributed by atoms with E-state index in [1.54, 1.807) is 4.90 Å². The van der Waals surface area contributed by atoms with E-state index in [0.717, 1.165) is 6.42 Å². The Balaban J connectivity index is 2.05. The number of carbonyl (C=O) groups is 2. The predicted molar refractivity (Wildman–Crippen MR) is 70.1 cm³/mol. The van der Waals surface area contributed by atoms with Crippen molar-refractivity contribution in [2.45, 2.75) is 44.9 Å². The van der Waals surface area contributed by atoms with Crippen LogP contribution in [0.5, 0.6) is 0 Å². The van der Waals surface area contributed by atoms with Crippen LogP contribution in [0.4, 0.5) is 0 Å². The van der Waals surface area contributed by atoms with E-state index < -0.39 is 12.1 Å². The third-order valence-corrected chi connectivity index (χ3v) is 3.77. The van der Waals surface area contributed by atoms with Crippen LogP contribution < -0.4 is 5.32 Å². The molecule has 2 heterocycles. The van der Waals surface area contributed by atoms with Gasteiger partial charge < -0.3 is 15.0 Å². The number of ether oxygens (including phenoxy) is 1. The van der Waals surface area contributed by atoms with Crippen molar-refractivity contribution in [2.24, 2.45) is 5.92 Å². The molecule has 0 radical (unpaired) electrons. The molecule has 2 saturated heterocycles. The zero-order valence-electron chi connectivity index (χ0n) is 11.4. The number of piperidine rings is 1. The van der Waals surface area contributed by atoms with Gasteiger partial charge in [0.25, 0.3) is 0 Å². The predicted octanol–water partition coefficient (Wildman–Crippen LogP) is 0.150. The van der Waals surface area contributed by atoms with Gasteiger partial charge in [-0.05, 0) is 12.3 Å². The number of rotatable bonds is 3. The van der Waals surface area contributed by atoms with Crippen LogP contribution in [-0.2, 0) is 14.3 Å². The molecule has 2 aliphatic heterocycles. The van der Waals surface area contributed by atoms with E-state index in [2.05, 4.69) is 11.2 Å². The van der Waals surface area contributed by atoms with Gasteiger partial charge in [-0.2, -0.15) is 0 Å². The molecule has 0 aromatic carbocycles. The van der Waals surface area contributed by atoms with Gasteiger partial charge in [-0.25, -0.2) is 0 Å². The van der Waals surface area contributed by atoms with Crippen LogP contribution >= 0.6 is 0 Å². The van der Waals surface area contributed by atoms with E-state index in [0.29, 0.717) is 13.0 Å². The number of terminal acetylenes is 1. The molecule has 104 valence electrons. The highest BCUT2D eigenvalue weighted by Crippen LogP contribution is 2.25. The van der Waals surface area contributed by atoms with E-state index in [4.69, 9.17) is 11.2 Å². The lowest BCUT2D eigenvalue weighted by Gasteiger charge is -2.44. The zero-order valence-corrected chi connectivity index (χ0v) is 11.4. The number of nitrogens with one attached hydrogen (secondary N) is 1. The van der Waals surface area contributed by atoms with Gasteiger partial charge in [0.15, 0.2) is 0 Å². The summed E-state index contributed by atoms with van der Waals surface area (Å²) < 4.78 is 5.48. The Morgan fingerprint density at radius 3 is 2.89 bits per heavy atom. The van der Waals surface area contributed by atoms with Gasteiger partial charge in [0.1, 0.15) is 18.7 Å². The minimum atomic E-state index is -0.404. The maximum atomic E-state index is 12.3. The molecule has 2 aliphatic rings. The zero-order chi connectivity index (χ0) is 14.0. The second kappa shape index (κ2) is 5.62. The van der Waals surface area contributed by atoms with Crippen LogP contribution in [-0.4, -0.2) is 48.1 Å². The lowest BCUT2D eigenvalue weighted by molar-refractivity contribution is -0.155. The van der Waals surface area contributed by atoms with Gasteiger partial charge in [0.2, 0.25) is 11.8 Å². The SMILES string of the molecule is C#CCOC1CCN2C(=O)C(C(C)C)NC(=O)C2C1. The molecule has 3 unspecified atom stereocenters. The molecule has 0 spiro atoms. The summed E-state index contributed by atoms with van der Waals surface area (Å²) in [6.45, 7) is 4.69. The summed E-state index contributed by atoms with van der Waals surface area (Å²) in [7, 11) is 0. The van der Waals surface area contributed by atoms with Gasteiger partial charge in [0.05, 0.1) is 6.10 Å². The molecule has 2 amide bonds. The molecule has 2 fully saturated rings. The molecule has 19 heavy (non-hydrogen) atoms. The van der Waals surface area contributed by atoms with Crippen LogP contribution in [0.2, 0.25) is 0 Å². The van der Waals surface area contributed by atoms with E-state index >= 15 is 0 Å². The molecular weight excluding hydrogens is 244 g/mol. The van der Waals surface area contributed by atoms with Gasteiger partial charge in [-0.3, -0.25) is 9.59 Å². The summed E-state index contributed by atoms with van der Waals surface area (Å²) in [4.78, 5) is 26.1. The Morgan fingerprint density at radius 2 is 2.26 bits per heavy atom. The van der Waals surface area contributed by atoms with Crippen molar-refractivity contribution in [3.8, 4) is 12.3 Å². The number of hydrogen-bond donors (Lipinski definition) is 1. The van der Waals surface area contributed by atoms with Crippen molar-refractivity contribution in [1.29, 1.82) is 0 Å². The van der Waals surface area contributed by atoms with Crippen molar-refractivity contribution >= 4 is 11.8 Å². The van der Waals surface area contributed by atoms with Crippen LogP contribution in [0.3, 0.4) is 0 Å². The number of carbonyl (C=O) groups excluding carboxylic acids is 2. The summed E-state index contributed by atoms with van der Waals surface area (Å²) in [6, 6.07) is -0.800. The van der Waals surface area contributed by atoms with Gasteiger partial charge in [-0.1, -0.05) is 19.8 Å². The minimum Gasteiger partial charge on any atom is -0.365 e. The number of piperazine rings is 1. The second-order valence-electron chi connectivity index (χ2n) is 5.44. The number of hydrogen-bond acceptors (Lipinski definition) is 3. The Hall–Kier alpha value is -1.54. The fourth-order valence-electron chi connectivity index (χ4n) is 2.70. The lowest BCUT2D eigenvalue weighted by Crippen LogP contribution is -2.67. The molecule has 5 nitrogen and oxygen atoms in total. The van der Waals surface area contributed by atoms with Crippen LogP contribution in [0.25, 0.3) is 0 Å². The molecule has 0 bridgehead atoms. The fraction of sp³-hybridized carbons (Fsp3) is 0.714. The Bertz CT molecular complexity index is 413. The first kappa shape index (κ1) is 13.9. The van der Waals surface area contributed by atoms with Gasteiger partial charge >= 0.3 is 0 Å². The van der Waals surface area contributed by atoms with Crippen molar-refractivity contribution in [1.82, 2.24) is 10.2 Å². The summed E-state index contributed by atoms with van der Waals surface area (Å²) in [5.41, 5.74) is 0. The highest BCUT2D eigenvalue weighted by molar-refractivity contribution is 5.97. The highest BCUT2D eigenvalue weighted by atomic mass is 16.5. The highest BCUT2D eigenvalue weighted by Gasteiger charge is 2.44. The van der Waals surface area contributed by atoms with E-state index in [9.17, 15) is 9.59 Å². The molecule has 0 aromatic rings. The molecule has 5 heteroatoms. The van der Waals surface area contributed by atoms with Gasteiger partial charge in [-0.15, -0.1) is 6.42 Å². The molecule has 0 saturated carbocycles. The standard InChI is InChI=1S/C14H20N2O3/c1-4-7-19-10-5-6-16-11(8-10)13(17)15-12(9(2)3)14(16)18/h1,9-12H,5-8H2,2-3H3,(H,15,17). The minimum absolute atomic E-state index is 0.0231. The van der Waals surface area contributed by atoms with Crippen molar-refractivity contribution < 1.29 is 14.3 Å². The van der Waals surface area contributed by atoms with Crippen LogP contribution in [0, 0.1) is 18.3 Å². The van der Waals surface area contributed by atoms with Crippen molar-refractivity contribution in [3.05, 3.63) is 0 Å². The van der Waals surface area contributed by atoms with Crippen molar-refractivity contribution in [3.63, 3.8) is 0 Å². The molecule has 2 rings (SSSR count). The molecule has 3 atom stereocenters. The maximum absolute atomic E-state index is 12.3. The molecule has 0 aliphatic carbocycles. The monoisotopic (exact) mass is 264 g/mol. The second-order valence-corrected chi connectivity index (χ2v) is 5.44. The van der Waals surface area contributed by atoms with Crippen molar-refractivity contribution in [2.75, 3.05) is 13.2 Å². The van der Waals surface area contributed by atoms with E-state index in [1.165, 1.54) is 0 Å². The Labute approximate surface area is 113 Å². The number of amides is 2. The maximum Gasteiger partial charge on any atom is 0.246 e. The summed E-state index contributed by atoms with van der Waals surface area (Å²) >= 11 is 0. The van der Waals surface area contributed by atoms with E-state index in [1.807, 2.05) is 13.8 Å². The first-order valence-corrected chi connectivity index (χ1v) is 6.70. The Morgan fingerprint density at radius 1 is 1.53 bits per heavy atom. The fourth-order valence-corrected chi connectivity index (χ4v) is 2.70. The topological polar surface area (TPSA) is 58.6 Å².